The van der Waals surface area contributed by atoms with Crippen molar-refractivity contribution in [1.29, 1.82) is 0 Å². The summed E-state index contributed by atoms with van der Waals surface area (Å²) in [5.41, 5.74) is 1.12. The molecule has 0 saturated heterocycles. The van der Waals surface area contributed by atoms with Crippen molar-refractivity contribution in [3.05, 3.63) is 23.8 Å². The first-order valence-electron chi connectivity index (χ1n) is 8.54. The summed E-state index contributed by atoms with van der Waals surface area (Å²) in [6, 6.07) is 6.02. The van der Waals surface area contributed by atoms with Crippen LogP contribution in [-0.4, -0.2) is 44.8 Å². The Balaban J connectivity index is 0.00000312. The highest BCUT2D eigenvalue weighted by molar-refractivity contribution is 14.0. The Bertz CT molecular complexity index is 537. The molecule has 2 rings (SSSR count). The number of ether oxygens (including phenoxy) is 2. The molecule has 1 aromatic rings. The van der Waals surface area contributed by atoms with Crippen molar-refractivity contribution in [1.82, 2.24) is 10.6 Å². The quantitative estimate of drug-likeness (QED) is 0.258. The molecule has 142 valence electrons. The molecule has 0 bridgehead atoms. The molecule has 0 heterocycles. The van der Waals surface area contributed by atoms with Gasteiger partial charge in [0.2, 0.25) is 0 Å². The van der Waals surface area contributed by atoms with E-state index in [0.717, 1.165) is 48.2 Å². The molecule has 1 fully saturated rings. The maximum Gasteiger partial charge on any atom is 0.191 e. The van der Waals surface area contributed by atoms with E-state index in [1.807, 2.05) is 23.9 Å². The van der Waals surface area contributed by atoms with E-state index in [0.29, 0.717) is 12.6 Å². The summed E-state index contributed by atoms with van der Waals surface area (Å²) in [6.45, 7) is 1.57. The largest absolute Gasteiger partial charge is 0.497 e. The molecule has 1 aliphatic rings. The Kier molecular flexibility index (Phi) is 11.1. The summed E-state index contributed by atoms with van der Waals surface area (Å²) in [5, 5.41) is 6.66. The van der Waals surface area contributed by atoms with E-state index < -0.39 is 0 Å². The molecular weight excluding hydrogens is 449 g/mol. The van der Waals surface area contributed by atoms with Gasteiger partial charge in [-0.05, 0) is 44.1 Å². The second-order valence-electron chi connectivity index (χ2n) is 5.84. The van der Waals surface area contributed by atoms with Crippen molar-refractivity contribution in [2.24, 2.45) is 4.99 Å². The highest BCUT2D eigenvalue weighted by Crippen LogP contribution is 2.29. The van der Waals surface area contributed by atoms with Gasteiger partial charge < -0.3 is 20.1 Å². The maximum atomic E-state index is 6.23. The number of nitrogens with one attached hydrogen (secondary N) is 2. The zero-order valence-corrected chi connectivity index (χ0v) is 18.5. The van der Waals surface area contributed by atoms with Crippen LogP contribution in [0, 0.1) is 0 Å². The lowest BCUT2D eigenvalue weighted by Crippen LogP contribution is -2.38. The van der Waals surface area contributed by atoms with Crippen LogP contribution in [0.15, 0.2) is 23.2 Å². The summed E-state index contributed by atoms with van der Waals surface area (Å²) >= 11 is 1.81. The second kappa shape index (κ2) is 12.5. The number of thioether (sulfide) groups is 1. The topological polar surface area (TPSA) is 54.9 Å². The first-order chi connectivity index (χ1) is 11.8. The smallest absolute Gasteiger partial charge is 0.191 e. The third-order valence-corrected chi connectivity index (χ3v) is 4.75. The summed E-state index contributed by atoms with van der Waals surface area (Å²) in [4.78, 5) is 4.26. The van der Waals surface area contributed by atoms with E-state index in [1.54, 1.807) is 14.2 Å². The lowest BCUT2D eigenvalue weighted by molar-refractivity contribution is 0.207. The number of rotatable bonds is 8. The Morgan fingerprint density at radius 2 is 2.04 bits per heavy atom. The molecule has 1 aliphatic carbocycles. The van der Waals surface area contributed by atoms with Gasteiger partial charge in [0.25, 0.3) is 0 Å². The van der Waals surface area contributed by atoms with E-state index in [4.69, 9.17) is 9.47 Å². The Morgan fingerprint density at radius 3 is 2.68 bits per heavy atom. The molecule has 7 heteroatoms. The van der Waals surface area contributed by atoms with Crippen LogP contribution in [0.3, 0.4) is 0 Å². The number of halogens is 1. The van der Waals surface area contributed by atoms with Crippen LogP contribution < -0.4 is 20.1 Å². The number of aliphatic imine (C=N–C) groups is 1. The second-order valence-corrected chi connectivity index (χ2v) is 6.83. The summed E-state index contributed by atoms with van der Waals surface area (Å²) < 4.78 is 11.6. The van der Waals surface area contributed by atoms with E-state index in [-0.39, 0.29) is 24.0 Å². The van der Waals surface area contributed by atoms with Crippen LogP contribution in [0.2, 0.25) is 0 Å². The molecule has 0 radical (unpaired) electrons. The van der Waals surface area contributed by atoms with Crippen molar-refractivity contribution in [2.45, 2.75) is 38.3 Å². The highest BCUT2D eigenvalue weighted by atomic mass is 127. The standard InChI is InChI=1S/C18H29N3O2S.HI/c1-19-18(20-10-11-24-3)21-13-14-8-9-16(22-2)12-17(14)23-15-6-4-5-7-15;/h8-9,12,15H,4-7,10-11,13H2,1-3H3,(H2,19,20,21);1H. The van der Waals surface area contributed by atoms with Gasteiger partial charge in [-0.25, -0.2) is 0 Å². The van der Waals surface area contributed by atoms with E-state index in [2.05, 4.69) is 27.9 Å². The Hall–Kier alpha value is -0.830. The van der Waals surface area contributed by atoms with Crippen molar-refractivity contribution < 1.29 is 9.47 Å². The fraction of sp³-hybridized carbons (Fsp3) is 0.611. The van der Waals surface area contributed by atoms with Crippen molar-refractivity contribution in [3.63, 3.8) is 0 Å². The molecule has 0 aromatic heterocycles. The van der Waals surface area contributed by atoms with Crippen molar-refractivity contribution in [2.75, 3.05) is 32.7 Å². The molecule has 1 aromatic carbocycles. The third kappa shape index (κ3) is 7.52. The average molecular weight is 479 g/mol. The fourth-order valence-corrected chi connectivity index (χ4v) is 3.08. The lowest BCUT2D eigenvalue weighted by atomic mass is 10.2. The number of hydrogen-bond acceptors (Lipinski definition) is 4. The van der Waals surface area contributed by atoms with Crippen LogP contribution >= 0.6 is 35.7 Å². The van der Waals surface area contributed by atoms with Gasteiger partial charge in [-0.15, -0.1) is 24.0 Å². The molecule has 0 amide bonds. The Morgan fingerprint density at radius 1 is 1.28 bits per heavy atom. The zero-order chi connectivity index (χ0) is 17.2. The molecule has 0 spiro atoms. The first-order valence-corrected chi connectivity index (χ1v) is 9.93. The van der Waals surface area contributed by atoms with Gasteiger partial charge in [-0.3, -0.25) is 4.99 Å². The van der Waals surface area contributed by atoms with E-state index >= 15 is 0 Å². The minimum atomic E-state index is 0. The summed E-state index contributed by atoms with van der Waals surface area (Å²) in [7, 11) is 3.47. The molecule has 1 saturated carbocycles. The van der Waals surface area contributed by atoms with Crippen LogP contribution in [0.4, 0.5) is 0 Å². The number of guanidine groups is 1. The fourth-order valence-electron chi connectivity index (χ4n) is 2.77. The van der Waals surface area contributed by atoms with Crippen LogP contribution in [0.5, 0.6) is 11.5 Å². The van der Waals surface area contributed by atoms with Gasteiger partial charge in [0, 0.05) is 37.5 Å². The highest BCUT2D eigenvalue weighted by Gasteiger charge is 2.18. The Labute approximate surface area is 172 Å². The summed E-state index contributed by atoms with van der Waals surface area (Å²) in [5.74, 6) is 3.61. The average Bonchev–Trinajstić information content (AvgIpc) is 3.11. The lowest BCUT2D eigenvalue weighted by Gasteiger charge is -2.18. The first kappa shape index (κ1) is 22.2. The normalized spacial score (nSPS) is 14.8. The maximum absolute atomic E-state index is 6.23. The molecule has 25 heavy (non-hydrogen) atoms. The number of methoxy groups -OCH3 is 1. The third-order valence-electron chi connectivity index (χ3n) is 4.14. The van der Waals surface area contributed by atoms with Crippen molar-refractivity contribution >= 4 is 41.7 Å². The minimum absolute atomic E-state index is 0. The van der Waals surface area contributed by atoms with Crippen LogP contribution in [0.1, 0.15) is 31.2 Å². The zero-order valence-electron chi connectivity index (χ0n) is 15.3. The SMILES string of the molecule is CN=C(NCCSC)NCc1ccc(OC)cc1OC1CCCC1.I. The minimum Gasteiger partial charge on any atom is -0.497 e. The number of hydrogen-bond donors (Lipinski definition) is 2. The van der Waals surface area contributed by atoms with Gasteiger partial charge in [0.1, 0.15) is 11.5 Å². The number of benzene rings is 1. The predicted octanol–water partition coefficient (Wildman–Crippen LogP) is 3.66. The number of nitrogens with zero attached hydrogens (tertiary/aromatic N) is 1. The van der Waals surface area contributed by atoms with Gasteiger partial charge >= 0.3 is 0 Å². The van der Waals surface area contributed by atoms with E-state index in [9.17, 15) is 0 Å². The van der Waals surface area contributed by atoms with Gasteiger partial charge in [0.05, 0.1) is 13.2 Å². The van der Waals surface area contributed by atoms with Crippen molar-refractivity contribution in [3.8, 4) is 11.5 Å². The molecule has 0 unspecified atom stereocenters. The predicted molar refractivity (Wildman–Crippen MR) is 118 cm³/mol. The molecule has 0 aliphatic heterocycles. The molecule has 2 N–H and O–H groups in total. The van der Waals surface area contributed by atoms with Gasteiger partial charge in [0.15, 0.2) is 5.96 Å². The van der Waals surface area contributed by atoms with Crippen LogP contribution in [0.25, 0.3) is 0 Å². The molecule has 5 nitrogen and oxygen atoms in total. The van der Waals surface area contributed by atoms with Crippen LogP contribution in [-0.2, 0) is 6.54 Å². The molecule has 0 atom stereocenters. The molecular formula is C18H30IN3O2S. The van der Waals surface area contributed by atoms with Gasteiger partial charge in [-0.1, -0.05) is 0 Å². The van der Waals surface area contributed by atoms with Gasteiger partial charge in [-0.2, -0.15) is 11.8 Å². The summed E-state index contributed by atoms with van der Waals surface area (Å²) in [6.07, 6.45) is 7.23. The monoisotopic (exact) mass is 479 g/mol. The van der Waals surface area contributed by atoms with E-state index in [1.165, 1.54) is 12.8 Å².